The van der Waals surface area contributed by atoms with Crippen molar-refractivity contribution in [3.8, 4) is 0 Å². The summed E-state index contributed by atoms with van der Waals surface area (Å²) in [6.45, 7) is 2.18. The quantitative estimate of drug-likeness (QED) is 0.908. The number of primary amides is 1. The van der Waals surface area contributed by atoms with E-state index in [-0.39, 0.29) is 5.76 Å². The molecule has 0 radical (unpaired) electrons. The molecule has 2 aromatic rings. The average Bonchev–Trinajstić information content (AvgIpc) is 3.04. The van der Waals surface area contributed by atoms with Gasteiger partial charge in [0.2, 0.25) is 5.76 Å². The predicted molar refractivity (Wildman–Crippen MR) is 78.5 cm³/mol. The molecule has 1 aliphatic rings. The van der Waals surface area contributed by atoms with Crippen LogP contribution in [0.4, 0.5) is 5.00 Å². The molecule has 21 heavy (non-hydrogen) atoms. The molecule has 0 aromatic carbocycles. The Morgan fingerprint density at radius 2 is 2.33 bits per heavy atom. The SMILES string of the molecule is C[C@H]1CCc2c(sc(NC(=O)c3ccno3)c2C(N)=O)C1. The fraction of sp³-hybridized carbons (Fsp3) is 0.357. The number of aromatic nitrogens is 1. The number of fused-ring (bicyclic) bond motifs is 1. The maximum atomic E-state index is 12.0. The van der Waals surface area contributed by atoms with Crippen LogP contribution >= 0.6 is 11.3 Å². The number of nitrogens with one attached hydrogen (secondary N) is 1. The molecular weight excluding hydrogens is 290 g/mol. The maximum Gasteiger partial charge on any atom is 0.294 e. The molecule has 2 aromatic heterocycles. The second-order valence-corrected chi connectivity index (χ2v) is 6.36. The number of nitrogens with zero attached hydrogens (tertiary/aromatic N) is 1. The summed E-state index contributed by atoms with van der Waals surface area (Å²) in [5, 5.41) is 6.71. The monoisotopic (exact) mass is 305 g/mol. The number of amides is 2. The van der Waals surface area contributed by atoms with E-state index in [0.717, 1.165) is 29.7 Å². The maximum absolute atomic E-state index is 12.0. The molecule has 1 atom stereocenters. The van der Waals surface area contributed by atoms with E-state index in [1.807, 2.05) is 0 Å². The van der Waals surface area contributed by atoms with Crippen LogP contribution in [-0.2, 0) is 12.8 Å². The minimum atomic E-state index is -0.505. The second kappa shape index (κ2) is 5.33. The number of hydrogen-bond donors (Lipinski definition) is 2. The van der Waals surface area contributed by atoms with Gasteiger partial charge in [-0.05, 0) is 30.7 Å². The van der Waals surface area contributed by atoms with Crippen molar-refractivity contribution in [1.82, 2.24) is 5.16 Å². The summed E-state index contributed by atoms with van der Waals surface area (Å²) >= 11 is 1.42. The van der Waals surface area contributed by atoms with Crippen LogP contribution < -0.4 is 11.1 Å². The highest BCUT2D eigenvalue weighted by molar-refractivity contribution is 7.17. The molecule has 3 rings (SSSR count). The summed E-state index contributed by atoms with van der Waals surface area (Å²) in [5.41, 5.74) is 6.92. The Hall–Kier alpha value is -2.15. The van der Waals surface area contributed by atoms with Gasteiger partial charge < -0.3 is 15.6 Å². The topological polar surface area (TPSA) is 98.2 Å². The van der Waals surface area contributed by atoms with Crippen molar-refractivity contribution in [2.24, 2.45) is 11.7 Å². The Labute approximate surface area is 125 Å². The van der Waals surface area contributed by atoms with Gasteiger partial charge in [-0.1, -0.05) is 12.1 Å². The Morgan fingerprint density at radius 3 is 3.00 bits per heavy atom. The molecule has 1 aliphatic carbocycles. The molecule has 6 nitrogen and oxygen atoms in total. The predicted octanol–water partition coefficient (Wildman–Crippen LogP) is 2.21. The zero-order chi connectivity index (χ0) is 15.0. The van der Waals surface area contributed by atoms with E-state index in [0.29, 0.717) is 16.5 Å². The highest BCUT2D eigenvalue weighted by Gasteiger charge is 2.27. The van der Waals surface area contributed by atoms with Gasteiger partial charge in [0.1, 0.15) is 5.00 Å². The third-order valence-electron chi connectivity index (χ3n) is 3.65. The minimum Gasteiger partial charge on any atom is -0.365 e. The molecule has 0 bridgehead atoms. The van der Waals surface area contributed by atoms with Gasteiger partial charge in [-0.2, -0.15) is 0 Å². The Morgan fingerprint density at radius 1 is 1.52 bits per heavy atom. The first-order chi connectivity index (χ1) is 10.1. The van der Waals surface area contributed by atoms with Gasteiger partial charge in [0.25, 0.3) is 11.8 Å². The molecule has 2 heterocycles. The van der Waals surface area contributed by atoms with Gasteiger partial charge in [0, 0.05) is 10.9 Å². The molecule has 0 fully saturated rings. The number of carbonyl (C=O) groups excluding carboxylic acids is 2. The van der Waals surface area contributed by atoms with E-state index in [4.69, 9.17) is 10.3 Å². The number of rotatable bonds is 3. The summed E-state index contributed by atoms with van der Waals surface area (Å²) in [4.78, 5) is 24.9. The van der Waals surface area contributed by atoms with Crippen LogP contribution in [0.1, 0.15) is 44.7 Å². The first-order valence-corrected chi connectivity index (χ1v) is 7.54. The van der Waals surface area contributed by atoms with Crippen molar-refractivity contribution in [3.63, 3.8) is 0 Å². The van der Waals surface area contributed by atoms with E-state index in [9.17, 15) is 9.59 Å². The van der Waals surface area contributed by atoms with Crippen LogP contribution in [0.25, 0.3) is 0 Å². The summed E-state index contributed by atoms with van der Waals surface area (Å²) in [6, 6.07) is 1.47. The molecule has 7 heteroatoms. The van der Waals surface area contributed by atoms with E-state index < -0.39 is 11.8 Å². The molecule has 0 unspecified atom stereocenters. The fourth-order valence-electron chi connectivity index (χ4n) is 2.60. The Bertz CT molecular complexity index is 691. The van der Waals surface area contributed by atoms with Gasteiger partial charge in [-0.15, -0.1) is 11.3 Å². The van der Waals surface area contributed by atoms with Crippen LogP contribution in [0.5, 0.6) is 0 Å². The second-order valence-electron chi connectivity index (χ2n) is 5.25. The first-order valence-electron chi connectivity index (χ1n) is 6.72. The molecule has 0 aliphatic heterocycles. The largest absolute Gasteiger partial charge is 0.365 e. The van der Waals surface area contributed by atoms with Crippen molar-refractivity contribution in [1.29, 1.82) is 0 Å². The average molecular weight is 305 g/mol. The summed E-state index contributed by atoms with van der Waals surface area (Å²) in [7, 11) is 0. The van der Waals surface area contributed by atoms with Crippen molar-refractivity contribution in [3.05, 3.63) is 34.0 Å². The smallest absolute Gasteiger partial charge is 0.294 e. The van der Waals surface area contributed by atoms with E-state index in [2.05, 4.69) is 17.4 Å². The first kappa shape index (κ1) is 13.8. The number of carbonyl (C=O) groups is 2. The standard InChI is InChI=1S/C14H15N3O3S/c1-7-2-3-8-10(6-7)21-14(11(8)12(15)18)17-13(19)9-4-5-16-20-9/h4-5,7H,2-3,6H2,1H3,(H2,15,18)(H,17,19)/t7-/m0/s1. The van der Waals surface area contributed by atoms with Gasteiger partial charge in [0.15, 0.2) is 0 Å². The van der Waals surface area contributed by atoms with Crippen molar-refractivity contribution >= 4 is 28.2 Å². The van der Waals surface area contributed by atoms with Gasteiger partial charge in [0.05, 0.1) is 11.8 Å². The van der Waals surface area contributed by atoms with Crippen LogP contribution in [0, 0.1) is 5.92 Å². The zero-order valence-electron chi connectivity index (χ0n) is 11.5. The Balaban J connectivity index is 1.95. The third-order valence-corrected chi connectivity index (χ3v) is 4.82. The van der Waals surface area contributed by atoms with Gasteiger partial charge >= 0.3 is 0 Å². The lowest BCUT2D eigenvalue weighted by Gasteiger charge is -2.18. The van der Waals surface area contributed by atoms with Crippen molar-refractivity contribution in [2.75, 3.05) is 5.32 Å². The Kier molecular flexibility index (Phi) is 3.50. The van der Waals surface area contributed by atoms with Crippen LogP contribution in [0.3, 0.4) is 0 Å². The third kappa shape index (κ3) is 2.56. The molecule has 0 saturated carbocycles. The summed E-state index contributed by atoms with van der Waals surface area (Å²) < 4.78 is 4.81. The molecule has 3 N–H and O–H groups in total. The van der Waals surface area contributed by atoms with E-state index >= 15 is 0 Å². The molecular formula is C14H15N3O3S. The lowest BCUT2D eigenvalue weighted by molar-refractivity contribution is 0.0988. The fourth-order valence-corrected chi connectivity index (χ4v) is 4.01. The summed E-state index contributed by atoms with van der Waals surface area (Å²) in [5.74, 6) is -0.253. The molecule has 2 amide bonds. The highest BCUT2D eigenvalue weighted by atomic mass is 32.1. The van der Waals surface area contributed by atoms with Crippen LogP contribution in [0.2, 0.25) is 0 Å². The lowest BCUT2D eigenvalue weighted by atomic mass is 9.88. The van der Waals surface area contributed by atoms with Crippen LogP contribution in [-0.4, -0.2) is 17.0 Å². The van der Waals surface area contributed by atoms with Gasteiger partial charge in [-0.25, -0.2) is 0 Å². The van der Waals surface area contributed by atoms with E-state index in [1.54, 1.807) is 0 Å². The lowest BCUT2D eigenvalue weighted by Crippen LogP contribution is -2.19. The number of thiophene rings is 1. The van der Waals surface area contributed by atoms with Crippen molar-refractivity contribution < 1.29 is 14.1 Å². The molecule has 110 valence electrons. The van der Waals surface area contributed by atoms with Crippen molar-refractivity contribution in [2.45, 2.75) is 26.2 Å². The normalized spacial score (nSPS) is 17.3. The minimum absolute atomic E-state index is 0.102. The van der Waals surface area contributed by atoms with Gasteiger partial charge in [-0.3, -0.25) is 9.59 Å². The number of hydrogen-bond acceptors (Lipinski definition) is 5. The highest BCUT2D eigenvalue weighted by Crippen LogP contribution is 2.39. The summed E-state index contributed by atoms with van der Waals surface area (Å²) in [6.07, 6.45) is 4.16. The van der Waals surface area contributed by atoms with E-state index in [1.165, 1.54) is 23.6 Å². The molecule has 0 spiro atoms. The molecule has 0 saturated heterocycles. The van der Waals surface area contributed by atoms with Crippen LogP contribution in [0.15, 0.2) is 16.8 Å². The zero-order valence-corrected chi connectivity index (χ0v) is 12.3. The number of nitrogens with two attached hydrogens (primary N) is 1. The number of anilines is 1.